The van der Waals surface area contributed by atoms with Crippen LogP contribution >= 0.6 is 0 Å². The lowest BCUT2D eigenvalue weighted by atomic mass is 10.1. The summed E-state index contributed by atoms with van der Waals surface area (Å²) in [5.74, 6) is 0. The Kier molecular flexibility index (Phi) is 1.16. The average molecular weight is 143 g/mol. The van der Waals surface area contributed by atoms with Gasteiger partial charge in [0.15, 0.2) is 0 Å². The van der Waals surface area contributed by atoms with E-state index in [1.807, 2.05) is 37.3 Å². The highest BCUT2D eigenvalue weighted by molar-refractivity contribution is 5.82. The number of rotatable bonds is 0. The van der Waals surface area contributed by atoms with Crippen LogP contribution in [0.25, 0.3) is 10.8 Å². The Morgan fingerprint density at radius 1 is 1.00 bits per heavy atom. The lowest BCUT2D eigenvalue weighted by Crippen LogP contribution is -1.73. The summed E-state index contributed by atoms with van der Waals surface area (Å²) in [6, 6.07) is 12.7. The molecule has 0 amide bonds. The summed E-state index contributed by atoms with van der Waals surface area (Å²) in [5, 5.41) is 2.19. The molecule has 0 aromatic heterocycles. The van der Waals surface area contributed by atoms with Crippen molar-refractivity contribution in [1.82, 2.24) is 0 Å². The Morgan fingerprint density at radius 3 is 2.55 bits per heavy atom. The van der Waals surface area contributed by atoms with Gasteiger partial charge >= 0.3 is 0 Å². The zero-order valence-corrected chi connectivity index (χ0v) is 6.46. The summed E-state index contributed by atoms with van der Waals surface area (Å²) >= 11 is 0. The summed E-state index contributed by atoms with van der Waals surface area (Å²) in [5.41, 5.74) is 1.04. The zero-order chi connectivity index (χ0) is 8.55. The molecule has 0 heterocycles. The van der Waals surface area contributed by atoms with E-state index in [1.54, 1.807) is 0 Å². The van der Waals surface area contributed by atoms with E-state index < -0.39 is 0 Å². The van der Waals surface area contributed by atoms with Crippen LogP contribution in [0.3, 0.4) is 0 Å². The molecule has 0 fully saturated rings. The van der Waals surface area contributed by atoms with Gasteiger partial charge in [-0.15, -0.1) is 0 Å². The molecular formula is C11H10. The fourth-order valence-electron chi connectivity index (χ4n) is 1.23. The molecule has 54 valence electrons. The van der Waals surface area contributed by atoms with Gasteiger partial charge in [0, 0.05) is 0 Å². The van der Waals surface area contributed by atoms with Crippen LogP contribution in [0, 0.1) is 6.92 Å². The molecule has 0 atom stereocenters. The zero-order valence-electron chi connectivity index (χ0n) is 7.46. The molecule has 0 aliphatic rings. The third-order valence-electron chi connectivity index (χ3n) is 1.81. The predicted octanol–water partition coefficient (Wildman–Crippen LogP) is 3.15. The molecule has 2 aromatic carbocycles. The van der Waals surface area contributed by atoms with Crippen molar-refractivity contribution in [3.63, 3.8) is 0 Å². The minimum absolute atomic E-state index is 0.646. The topological polar surface area (TPSA) is 0 Å². The van der Waals surface area contributed by atoms with Crippen molar-refractivity contribution in [2.45, 2.75) is 6.92 Å². The van der Waals surface area contributed by atoms with Gasteiger partial charge in [0.1, 0.15) is 0 Å². The highest BCUT2D eigenvalue weighted by Gasteiger charge is 1.89. The van der Waals surface area contributed by atoms with Gasteiger partial charge in [0.25, 0.3) is 0 Å². The van der Waals surface area contributed by atoms with Gasteiger partial charge in [-0.2, -0.15) is 0 Å². The molecule has 2 rings (SSSR count). The second-order valence-corrected chi connectivity index (χ2v) is 2.73. The summed E-state index contributed by atoms with van der Waals surface area (Å²) < 4.78 is 7.79. The highest BCUT2D eigenvalue weighted by Crippen LogP contribution is 2.14. The highest BCUT2D eigenvalue weighted by atomic mass is 13.9. The van der Waals surface area contributed by atoms with Crippen LogP contribution in [0.5, 0.6) is 0 Å². The van der Waals surface area contributed by atoms with Crippen molar-refractivity contribution in [3.8, 4) is 0 Å². The van der Waals surface area contributed by atoms with Crippen LogP contribution in [0.4, 0.5) is 0 Å². The second-order valence-electron chi connectivity index (χ2n) is 2.73. The first kappa shape index (κ1) is 5.36. The molecule has 0 saturated carbocycles. The maximum absolute atomic E-state index is 7.79. The molecule has 0 aliphatic carbocycles. The van der Waals surface area contributed by atoms with Gasteiger partial charge in [-0.1, -0.05) is 48.0 Å². The van der Waals surface area contributed by atoms with E-state index >= 15 is 0 Å². The van der Waals surface area contributed by atoms with Crippen molar-refractivity contribution >= 4 is 10.8 Å². The first-order chi connectivity index (χ1) is 5.79. The molecule has 0 unspecified atom stereocenters. The van der Waals surface area contributed by atoms with Gasteiger partial charge in [-0.05, 0) is 17.7 Å². The van der Waals surface area contributed by atoms with Gasteiger partial charge in [0.05, 0.1) is 1.37 Å². The Bertz CT molecular complexity index is 418. The fourth-order valence-corrected chi connectivity index (χ4v) is 1.23. The summed E-state index contributed by atoms with van der Waals surface area (Å²) in [6.07, 6.45) is 0. The monoisotopic (exact) mass is 143 g/mol. The Morgan fingerprint density at radius 2 is 1.73 bits per heavy atom. The van der Waals surface area contributed by atoms with Crippen molar-refractivity contribution in [2.75, 3.05) is 0 Å². The summed E-state index contributed by atoms with van der Waals surface area (Å²) in [4.78, 5) is 0. The molecule has 0 nitrogen and oxygen atoms in total. The van der Waals surface area contributed by atoms with E-state index in [9.17, 15) is 0 Å². The molecule has 0 bridgehead atoms. The van der Waals surface area contributed by atoms with Gasteiger partial charge in [-0.3, -0.25) is 0 Å². The molecule has 0 saturated heterocycles. The van der Waals surface area contributed by atoms with Crippen LogP contribution < -0.4 is 0 Å². The third kappa shape index (κ3) is 1.12. The Balaban J connectivity index is 2.91. The number of benzene rings is 2. The van der Waals surface area contributed by atoms with Crippen LogP contribution in [0.2, 0.25) is 0 Å². The molecule has 0 heteroatoms. The Labute approximate surface area is 67.9 Å². The molecule has 11 heavy (non-hydrogen) atoms. The standard InChI is InChI=1S/C11H10/c1-9-6-7-10-4-2-3-5-11(10)8-9/h2-8H,1H3/i8D. The van der Waals surface area contributed by atoms with Crippen LogP contribution in [-0.2, 0) is 0 Å². The molecular weight excluding hydrogens is 132 g/mol. The molecule has 0 aliphatic heterocycles. The lowest BCUT2D eigenvalue weighted by molar-refractivity contribution is 1.51. The summed E-state index contributed by atoms with van der Waals surface area (Å²) in [7, 11) is 0. The molecule has 0 spiro atoms. The van der Waals surface area contributed by atoms with Gasteiger partial charge in [0.2, 0.25) is 0 Å². The van der Waals surface area contributed by atoms with Crippen molar-refractivity contribution in [3.05, 3.63) is 48.0 Å². The van der Waals surface area contributed by atoms with E-state index in [0.717, 1.165) is 16.3 Å². The van der Waals surface area contributed by atoms with Gasteiger partial charge < -0.3 is 0 Å². The first-order valence-electron chi connectivity index (χ1n) is 4.24. The lowest BCUT2D eigenvalue weighted by Gasteiger charge is -1.96. The minimum Gasteiger partial charge on any atom is -0.0616 e. The van der Waals surface area contributed by atoms with E-state index in [4.69, 9.17) is 1.37 Å². The smallest absolute Gasteiger partial charge is 0.0616 e. The van der Waals surface area contributed by atoms with Crippen molar-refractivity contribution in [1.29, 1.82) is 0 Å². The van der Waals surface area contributed by atoms with Gasteiger partial charge in [-0.25, -0.2) is 0 Å². The molecule has 2 aromatic rings. The van der Waals surface area contributed by atoms with Crippen molar-refractivity contribution in [2.24, 2.45) is 0 Å². The van der Waals surface area contributed by atoms with E-state index in [1.165, 1.54) is 0 Å². The van der Waals surface area contributed by atoms with E-state index in [2.05, 4.69) is 6.07 Å². The number of hydrogen-bond acceptors (Lipinski definition) is 0. The van der Waals surface area contributed by atoms with Crippen LogP contribution in [-0.4, -0.2) is 0 Å². The number of aryl methyl sites for hydroxylation is 1. The van der Waals surface area contributed by atoms with E-state index in [0.29, 0.717) is 6.04 Å². The normalized spacial score (nSPS) is 11.5. The summed E-state index contributed by atoms with van der Waals surface area (Å²) in [6.45, 7) is 1.97. The SMILES string of the molecule is [2H]c1c(C)ccc2ccccc12. The second kappa shape index (κ2) is 2.39. The minimum atomic E-state index is 0.646. The Hall–Kier alpha value is -1.30. The van der Waals surface area contributed by atoms with Crippen LogP contribution in [0.1, 0.15) is 6.93 Å². The fraction of sp³-hybridized carbons (Fsp3) is 0.0909. The largest absolute Gasteiger partial charge is 0.0632 e. The van der Waals surface area contributed by atoms with E-state index in [-0.39, 0.29) is 0 Å². The third-order valence-corrected chi connectivity index (χ3v) is 1.81. The number of fused-ring (bicyclic) bond motifs is 1. The average Bonchev–Trinajstić information content (AvgIpc) is 2.12. The number of hydrogen-bond donors (Lipinski definition) is 0. The quantitative estimate of drug-likeness (QED) is 0.531. The van der Waals surface area contributed by atoms with Crippen molar-refractivity contribution < 1.29 is 1.37 Å². The predicted molar refractivity (Wildman–Crippen MR) is 48.7 cm³/mol. The first-order valence-corrected chi connectivity index (χ1v) is 3.74. The maximum atomic E-state index is 7.79. The molecule has 0 radical (unpaired) electrons. The van der Waals surface area contributed by atoms with Crippen LogP contribution in [0.15, 0.2) is 42.4 Å². The molecule has 0 N–H and O–H groups in total. The maximum Gasteiger partial charge on any atom is 0.0632 e.